The Morgan fingerprint density at radius 2 is 2.25 bits per heavy atom. The van der Waals surface area contributed by atoms with Crippen LogP contribution in [0.1, 0.15) is 20.3 Å². The Balaban J connectivity index is 1.99. The molecular weight excluding hydrogens is 260 g/mol. The number of non-ortho nitro benzene ring substituents is 1. The molecule has 2 rings (SSSR count). The second kappa shape index (κ2) is 6.67. The zero-order valence-electron chi connectivity index (χ0n) is 11.7. The highest BCUT2D eigenvalue weighted by atomic mass is 16.6. The summed E-state index contributed by atoms with van der Waals surface area (Å²) in [5.41, 5.74) is 0.0398. The molecule has 6 heteroatoms. The van der Waals surface area contributed by atoms with Gasteiger partial charge >= 0.3 is 0 Å². The molecule has 0 saturated heterocycles. The van der Waals surface area contributed by atoms with E-state index in [-0.39, 0.29) is 17.9 Å². The van der Waals surface area contributed by atoms with Crippen LogP contribution in [0.5, 0.6) is 5.75 Å². The summed E-state index contributed by atoms with van der Waals surface area (Å²) in [5, 5.41) is 14.1. The van der Waals surface area contributed by atoms with E-state index in [1.165, 1.54) is 12.1 Å². The van der Waals surface area contributed by atoms with Crippen molar-refractivity contribution in [3.05, 3.63) is 34.4 Å². The van der Waals surface area contributed by atoms with Crippen LogP contribution in [0.15, 0.2) is 24.3 Å². The SMILES string of the molecule is CCNC1CC(Oc2cccc([N+](=O)[O-])c2)C1OCC. The van der Waals surface area contributed by atoms with Crippen LogP contribution in [0.25, 0.3) is 0 Å². The van der Waals surface area contributed by atoms with E-state index in [1.54, 1.807) is 12.1 Å². The number of nitrogens with zero attached hydrogens (tertiary/aromatic N) is 1. The molecule has 0 aliphatic heterocycles. The minimum absolute atomic E-state index is 0.000729. The van der Waals surface area contributed by atoms with Crippen molar-refractivity contribution < 1.29 is 14.4 Å². The van der Waals surface area contributed by atoms with E-state index in [2.05, 4.69) is 12.2 Å². The third-order valence-corrected chi connectivity index (χ3v) is 3.39. The second-order valence-electron chi connectivity index (χ2n) is 4.73. The maximum atomic E-state index is 10.7. The Bertz CT molecular complexity index is 466. The Morgan fingerprint density at radius 1 is 1.45 bits per heavy atom. The van der Waals surface area contributed by atoms with Crippen molar-refractivity contribution in [2.75, 3.05) is 13.2 Å². The van der Waals surface area contributed by atoms with Gasteiger partial charge in [0.1, 0.15) is 18.0 Å². The van der Waals surface area contributed by atoms with Crippen LogP contribution < -0.4 is 10.1 Å². The molecule has 3 atom stereocenters. The molecule has 1 aromatic rings. The highest BCUT2D eigenvalue weighted by molar-refractivity contribution is 5.38. The first-order chi connectivity index (χ1) is 9.65. The predicted octanol–water partition coefficient (Wildman–Crippen LogP) is 2.13. The Morgan fingerprint density at radius 3 is 2.90 bits per heavy atom. The summed E-state index contributed by atoms with van der Waals surface area (Å²) < 4.78 is 11.5. The van der Waals surface area contributed by atoms with Crippen LogP contribution in [0.2, 0.25) is 0 Å². The molecule has 0 spiro atoms. The molecule has 1 N–H and O–H groups in total. The fraction of sp³-hybridized carbons (Fsp3) is 0.571. The molecule has 1 aliphatic rings. The van der Waals surface area contributed by atoms with Gasteiger partial charge in [0.05, 0.1) is 11.0 Å². The first-order valence-corrected chi connectivity index (χ1v) is 6.91. The molecule has 1 saturated carbocycles. The summed E-state index contributed by atoms with van der Waals surface area (Å²) in [6, 6.07) is 6.56. The highest BCUT2D eigenvalue weighted by Gasteiger charge is 2.43. The van der Waals surface area contributed by atoms with Gasteiger partial charge in [-0.15, -0.1) is 0 Å². The lowest BCUT2D eigenvalue weighted by Gasteiger charge is -2.44. The van der Waals surface area contributed by atoms with Crippen molar-refractivity contribution in [3.8, 4) is 5.75 Å². The third kappa shape index (κ3) is 3.26. The van der Waals surface area contributed by atoms with Gasteiger partial charge in [-0.05, 0) is 19.5 Å². The third-order valence-electron chi connectivity index (χ3n) is 3.39. The molecule has 0 bridgehead atoms. The molecule has 6 nitrogen and oxygen atoms in total. The lowest BCUT2D eigenvalue weighted by Crippen LogP contribution is -2.61. The van der Waals surface area contributed by atoms with Gasteiger partial charge < -0.3 is 14.8 Å². The van der Waals surface area contributed by atoms with Crippen LogP contribution in [0, 0.1) is 10.1 Å². The van der Waals surface area contributed by atoms with Crippen molar-refractivity contribution in [2.45, 2.75) is 38.5 Å². The van der Waals surface area contributed by atoms with Gasteiger partial charge in [0, 0.05) is 25.1 Å². The number of hydrogen-bond acceptors (Lipinski definition) is 5. The number of benzene rings is 1. The van der Waals surface area contributed by atoms with E-state index in [1.807, 2.05) is 6.92 Å². The molecule has 20 heavy (non-hydrogen) atoms. The Hall–Kier alpha value is -1.66. The molecular formula is C14H20N2O4. The van der Waals surface area contributed by atoms with Gasteiger partial charge in [-0.1, -0.05) is 13.0 Å². The summed E-state index contributed by atoms with van der Waals surface area (Å²) in [7, 11) is 0. The molecule has 0 amide bonds. The molecule has 1 aromatic carbocycles. The van der Waals surface area contributed by atoms with Crippen molar-refractivity contribution in [3.63, 3.8) is 0 Å². The van der Waals surface area contributed by atoms with Gasteiger partial charge in [0.2, 0.25) is 0 Å². The number of hydrogen-bond donors (Lipinski definition) is 1. The van der Waals surface area contributed by atoms with Crippen molar-refractivity contribution in [1.82, 2.24) is 5.32 Å². The molecule has 0 aromatic heterocycles. The molecule has 1 fully saturated rings. The zero-order valence-corrected chi connectivity index (χ0v) is 11.7. The van der Waals surface area contributed by atoms with Crippen molar-refractivity contribution in [1.29, 1.82) is 0 Å². The fourth-order valence-corrected chi connectivity index (χ4v) is 2.42. The normalized spacial score (nSPS) is 25.0. The van der Waals surface area contributed by atoms with Crippen LogP contribution >= 0.6 is 0 Å². The number of likely N-dealkylation sites (N-methyl/N-ethyl adjacent to an activating group) is 1. The lowest BCUT2D eigenvalue weighted by molar-refractivity contribution is -0.385. The predicted molar refractivity (Wildman–Crippen MR) is 75.0 cm³/mol. The zero-order chi connectivity index (χ0) is 14.5. The largest absolute Gasteiger partial charge is 0.487 e. The molecule has 0 radical (unpaired) electrons. The summed E-state index contributed by atoms with van der Waals surface area (Å²) in [6.45, 7) is 5.52. The van der Waals surface area contributed by atoms with Gasteiger partial charge in [0.25, 0.3) is 5.69 Å². The first-order valence-electron chi connectivity index (χ1n) is 6.91. The van der Waals surface area contributed by atoms with E-state index >= 15 is 0 Å². The molecule has 110 valence electrons. The Kier molecular flexibility index (Phi) is 4.92. The summed E-state index contributed by atoms with van der Waals surface area (Å²) in [4.78, 5) is 10.3. The van der Waals surface area contributed by atoms with E-state index < -0.39 is 4.92 Å². The second-order valence-corrected chi connectivity index (χ2v) is 4.73. The van der Waals surface area contributed by atoms with Crippen molar-refractivity contribution >= 4 is 5.69 Å². The topological polar surface area (TPSA) is 73.6 Å². The summed E-state index contributed by atoms with van der Waals surface area (Å²) in [5.74, 6) is 0.517. The van der Waals surface area contributed by atoms with Gasteiger partial charge in [0.15, 0.2) is 0 Å². The lowest BCUT2D eigenvalue weighted by atomic mass is 9.85. The summed E-state index contributed by atoms with van der Waals surface area (Å²) >= 11 is 0. The van der Waals surface area contributed by atoms with E-state index in [0.29, 0.717) is 18.4 Å². The van der Waals surface area contributed by atoms with Crippen molar-refractivity contribution in [2.24, 2.45) is 0 Å². The monoisotopic (exact) mass is 280 g/mol. The number of nitro groups is 1. The number of ether oxygens (including phenoxy) is 2. The number of rotatable bonds is 7. The van der Waals surface area contributed by atoms with E-state index in [9.17, 15) is 10.1 Å². The average molecular weight is 280 g/mol. The number of nitro benzene ring substituents is 1. The standard InChI is InChI=1S/C14H20N2O4/c1-3-15-12-9-13(14(12)19-4-2)20-11-7-5-6-10(8-11)16(17)18/h5-8,12-15H,3-4,9H2,1-2H3. The first kappa shape index (κ1) is 14.7. The quantitative estimate of drug-likeness (QED) is 0.612. The maximum Gasteiger partial charge on any atom is 0.273 e. The van der Waals surface area contributed by atoms with E-state index in [0.717, 1.165) is 13.0 Å². The number of nitrogens with one attached hydrogen (secondary N) is 1. The smallest absolute Gasteiger partial charge is 0.273 e. The van der Waals surface area contributed by atoms with Gasteiger partial charge in [-0.2, -0.15) is 0 Å². The van der Waals surface area contributed by atoms with Crippen LogP contribution in [0.3, 0.4) is 0 Å². The van der Waals surface area contributed by atoms with Crippen LogP contribution in [-0.4, -0.2) is 36.3 Å². The van der Waals surface area contributed by atoms with Crippen LogP contribution in [0.4, 0.5) is 5.69 Å². The minimum Gasteiger partial charge on any atom is -0.487 e. The summed E-state index contributed by atoms with van der Waals surface area (Å²) in [6.07, 6.45) is 0.793. The molecule has 3 unspecified atom stereocenters. The highest BCUT2D eigenvalue weighted by Crippen LogP contribution is 2.30. The maximum absolute atomic E-state index is 10.7. The fourth-order valence-electron chi connectivity index (χ4n) is 2.42. The van der Waals surface area contributed by atoms with E-state index in [4.69, 9.17) is 9.47 Å². The molecule has 0 heterocycles. The van der Waals surface area contributed by atoms with Gasteiger partial charge in [-0.25, -0.2) is 0 Å². The Labute approximate surface area is 118 Å². The van der Waals surface area contributed by atoms with Crippen LogP contribution in [-0.2, 0) is 4.74 Å². The minimum atomic E-state index is -0.422. The average Bonchev–Trinajstić information content (AvgIpc) is 2.44. The van der Waals surface area contributed by atoms with Gasteiger partial charge in [-0.3, -0.25) is 10.1 Å². The molecule has 1 aliphatic carbocycles.